The van der Waals surface area contributed by atoms with Gasteiger partial charge in [-0.3, -0.25) is 9.59 Å². The lowest BCUT2D eigenvalue weighted by molar-refractivity contribution is -0.146. The first-order valence-electron chi connectivity index (χ1n) is 10.8. The SMILES string of the molecule is Cc1ccc(C(CC(=O)N2CCCC2C(=O)N2CCOCC2)C2CC2)cc1C. The number of morpholine rings is 1. The molecule has 3 aliphatic rings. The molecule has 1 saturated carbocycles. The van der Waals surface area contributed by atoms with E-state index in [9.17, 15) is 9.59 Å². The molecule has 3 fully saturated rings. The van der Waals surface area contributed by atoms with E-state index in [0.29, 0.717) is 45.2 Å². The van der Waals surface area contributed by atoms with Crippen molar-refractivity contribution in [3.05, 3.63) is 34.9 Å². The van der Waals surface area contributed by atoms with Crippen molar-refractivity contribution < 1.29 is 14.3 Å². The molecule has 0 bridgehead atoms. The van der Waals surface area contributed by atoms with Gasteiger partial charge in [0, 0.05) is 26.1 Å². The number of hydrogen-bond donors (Lipinski definition) is 0. The van der Waals surface area contributed by atoms with Crippen LogP contribution in [-0.4, -0.2) is 60.5 Å². The Labute approximate surface area is 168 Å². The normalized spacial score (nSPS) is 23.7. The summed E-state index contributed by atoms with van der Waals surface area (Å²) in [7, 11) is 0. The molecule has 0 spiro atoms. The molecule has 152 valence electrons. The first-order chi connectivity index (χ1) is 13.5. The summed E-state index contributed by atoms with van der Waals surface area (Å²) in [6.45, 7) is 7.47. The van der Waals surface area contributed by atoms with E-state index in [1.807, 2.05) is 9.80 Å². The molecule has 1 aromatic carbocycles. The standard InChI is InChI=1S/C23H32N2O3/c1-16-5-6-19(14-17(16)2)20(18-7-8-18)15-22(26)25-9-3-4-21(25)23(27)24-10-12-28-13-11-24/h5-6,14,18,20-21H,3-4,7-13,15H2,1-2H3. The number of aryl methyl sites for hydroxylation is 2. The fourth-order valence-electron chi connectivity index (χ4n) is 4.67. The van der Waals surface area contributed by atoms with Crippen molar-refractivity contribution in [3.8, 4) is 0 Å². The van der Waals surface area contributed by atoms with Gasteiger partial charge in [-0.1, -0.05) is 18.2 Å². The lowest BCUT2D eigenvalue weighted by Gasteiger charge is -2.33. The van der Waals surface area contributed by atoms with E-state index in [1.54, 1.807) is 0 Å². The molecule has 2 heterocycles. The quantitative estimate of drug-likeness (QED) is 0.784. The van der Waals surface area contributed by atoms with E-state index < -0.39 is 0 Å². The lowest BCUT2D eigenvalue weighted by Crippen LogP contribution is -2.51. The molecule has 0 radical (unpaired) electrons. The van der Waals surface area contributed by atoms with Crippen LogP contribution in [0.2, 0.25) is 0 Å². The first kappa shape index (κ1) is 19.4. The molecule has 4 rings (SSSR count). The average molecular weight is 385 g/mol. The van der Waals surface area contributed by atoms with E-state index in [-0.39, 0.29) is 23.8 Å². The number of rotatable bonds is 5. The second-order valence-electron chi connectivity index (χ2n) is 8.67. The minimum atomic E-state index is -0.273. The molecule has 5 nitrogen and oxygen atoms in total. The first-order valence-corrected chi connectivity index (χ1v) is 10.8. The smallest absolute Gasteiger partial charge is 0.245 e. The molecule has 1 aromatic rings. The fraction of sp³-hybridized carbons (Fsp3) is 0.652. The topological polar surface area (TPSA) is 49.9 Å². The molecule has 0 aromatic heterocycles. The number of likely N-dealkylation sites (tertiary alicyclic amines) is 1. The van der Waals surface area contributed by atoms with Crippen LogP contribution in [0, 0.1) is 19.8 Å². The largest absolute Gasteiger partial charge is 0.378 e. The van der Waals surface area contributed by atoms with E-state index in [4.69, 9.17) is 4.74 Å². The zero-order chi connectivity index (χ0) is 19.7. The van der Waals surface area contributed by atoms with Crippen LogP contribution < -0.4 is 0 Å². The van der Waals surface area contributed by atoms with Gasteiger partial charge in [0.05, 0.1) is 13.2 Å². The van der Waals surface area contributed by atoms with Crippen molar-refractivity contribution in [1.82, 2.24) is 9.80 Å². The predicted molar refractivity (Wildman–Crippen MR) is 108 cm³/mol. The summed E-state index contributed by atoms with van der Waals surface area (Å²) in [4.78, 5) is 30.0. The third-order valence-corrected chi connectivity index (χ3v) is 6.73. The van der Waals surface area contributed by atoms with Gasteiger partial charge in [0.25, 0.3) is 0 Å². The second-order valence-corrected chi connectivity index (χ2v) is 8.67. The van der Waals surface area contributed by atoms with Crippen LogP contribution in [0.25, 0.3) is 0 Å². The number of ether oxygens (including phenoxy) is 1. The number of hydrogen-bond acceptors (Lipinski definition) is 3. The van der Waals surface area contributed by atoms with Gasteiger partial charge in [-0.25, -0.2) is 0 Å². The minimum absolute atomic E-state index is 0.114. The maximum Gasteiger partial charge on any atom is 0.245 e. The van der Waals surface area contributed by atoms with Gasteiger partial charge in [0.1, 0.15) is 6.04 Å². The Morgan fingerprint density at radius 3 is 2.50 bits per heavy atom. The molecule has 2 unspecified atom stereocenters. The van der Waals surface area contributed by atoms with Gasteiger partial charge >= 0.3 is 0 Å². The highest BCUT2D eigenvalue weighted by Crippen LogP contribution is 2.45. The van der Waals surface area contributed by atoms with Crippen LogP contribution in [0.4, 0.5) is 0 Å². The van der Waals surface area contributed by atoms with Crippen molar-refractivity contribution in [2.45, 2.75) is 57.9 Å². The highest BCUT2D eigenvalue weighted by Gasteiger charge is 2.40. The van der Waals surface area contributed by atoms with Gasteiger partial charge in [-0.05, 0) is 68.1 Å². The zero-order valence-electron chi connectivity index (χ0n) is 17.2. The summed E-state index contributed by atoms with van der Waals surface area (Å²) in [5.41, 5.74) is 3.87. The Balaban J connectivity index is 1.46. The van der Waals surface area contributed by atoms with Crippen LogP contribution in [0.5, 0.6) is 0 Å². The van der Waals surface area contributed by atoms with Crippen LogP contribution in [-0.2, 0) is 14.3 Å². The molecule has 0 N–H and O–H groups in total. The van der Waals surface area contributed by atoms with E-state index >= 15 is 0 Å². The molecular formula is C23H32N2O3. The Hall–Kier alpha value is -1.88. The number of carbonyl (C=O) groups excluding carboxylic acids is 2. The molecule has 1 aliphatic carbocycles. The van der Waals surface area contributed by atoms with E-state index in [1.165, 1.54) is 29.5 Å². The Bertz CT molecular complexity index is 737. The molecule has 2 aliphatic heterocycles. The number of carbonyl (C=O) groups is 2. The molecular weight excluding hydrogens is 352 g/mol. The third kappa shape index (κ3) is 4.09. The second kappa shape index (κ2) is 8.24. The minimum Gasteiger partial charge on any atom is -0.378 e. The number of amides is 2. The van der Waals surface area contributed by atoms with Crippen molar-refractivity contribution in [2.24, 2.45) is 5.92 Å². The maximum absolute atomic E-state index is 13.2. The Morgan fingerprint density at radius 2 is 1.82 bits per heavy atom. The zero-order valence-corrected chi connectivity index (χ0v) is 17.2. The van der Waals surface area contributed by atoms with Crippen LogP contribution in [0.1, 0.15) is 54.7 Å². The molecule has 28 heavy (non-hydrogen) atoms. The summed E-state index contributed by atoms with van der Waals surface area (Å²) >= 11 is 0. The van der Waals surface area contributed by atoms with E-state index in [2.05, 4.69) is 32.0 Å². The monoisotopic (exact) mass is 384 g/mol. The Morgan fingerprint density at radius 1 is 1.07 bits per heavy atom. The van der Waals surface area contributed by atoms with Crippen molar-refractivity contribution in [3.63, 3.8) is 0 Å². The van der Waals surface area contributed by atoms with Crippen molar-refractivity contribution in [1.29, 1.82) is 0 Å². The average Bonchev–Trinajstić information content (AvgIpc) is 3.43. The fourth-order valence-corrected chi connectivity index (χ4v) is 4.67. The summed E-state index contributed by atoms with van der Waals surface area (Å²) in [6, 6.07) is 6.35. The van der Waals surface area contributed by atoms with Gasteiger partial charge in [0.15, 0.2) is 0 Å². The van der Waals surface area contributed by atoms with Crippen LogP contribution >= 0.6 is 0 Å². The van der Waals surface area contributed by atoms with Gasteiger partial charge < -0.3 is 14.5 Å². The number of nitrogens with zero attached hydrogens (tertiary/aromatic N) is 2. The highest BCUT2D eigenvalue weighted by atomic mass is 16.5. The molecule has 5 heteroatoms. The van der Waals surface area contributed by atoms with Gasteiger partial charge in [0.2, 0.25) is 11.8 Å². The molecule has 2 saturated heterocycles. The van der Waals surface area contributed by atoms with E-state index in [0.717, 1.165) is 12.8 Å². The molecule has 2 amide bonds. The van der Waals surface area contributed by atoms with Gasteiger partial charge in [-0.2, -0.15) is 0 Å². The predicted octanol–water partition coefficient (Wildman–Crippen LogP) is 3.04. The summed E-state index contributed by atoms with van der Waals surface area (Å²) < 4.78 is 5.37. The maximum atomic E-state index is 13.2. The molecule has 2 atom stereocenters. The van der Waals surface area contributed by atoms with Crippen LogP contribution in [0.3, 0.4) is 0 Å². The Kier molecular flexibility index (Phi) is 5.72. The highest BCUT2D eigenvalue weighted by molar-refractivity contribution is 5.88. The van der Waals surface area contributed by atoms with Crippen molar-refractivity contribution >= 4 is 11.8 Å². The summed E-state index contributed by atoms with van der Waals surface area (Å²) in [5, 5.41) is 0. The van der Waals surface area contributed by atoms with Gasteiger partial charge in [-0.15, -0.1) is 0 Å². The van der Waals surface area contributed by atoms with Crippen LogP contribution in [0.15, 0.2) is 18.2 Å². The number of benzene rings is 1. The summed E-state index contributed by atoms with van der Waals surface area (Å²) in [5.74, 6) is 1.16. The summed E-state index contributed by atoms with van der Waals surface area (Å²) in [6.07, 6.45) is 4.66. The van der Waals surface area contributed by atoms with Crippen molar-refractivity contribution in [2.75, 3.05) is 32.8 Å². The lowest BCUT2D eigenvalue weighted by atomic mass is 9.88. The third-order valence-electron chi connectivity index (χ3n) is 6.73.